The van der Waals surface area contributed by atoms with Crippen molar-refractivity contribution in [2.45, 2.75) is 39.2 Å². The van der Waals surface area contributed by atoms with Crippen LogP contribution in [-0.4, -0.2) is 26.3 Å². The summed E-state index contributed by atoms with van der Waals surface area (Å²) in [5.74, 6) is 0. The Labute approximate surface area is 119 Å². The maximum absolute atomic E-state index is 13.2. The second kappa shape index (κ2) is 8.04. The van der Waals surface area contributed by atoms with Gasteiger partial charge in [0.05, 0.1) is 6.61 Å². The number of nitrogens with two attached hydrogens (primary N) is 1. The Morgan fingerprint density at radius 3 is 2.40 bits per heavy atom. The van der Waals surface area contributed by atoms with Crippen LogP contribution >= 0.6 is 0 Å². The number of rotatable bonds is 8. The van der Waals surface area contributed by atoms with Gasteiger partial charge in [0.1, 0.15) is 0 Å². The quantitative estimate of drug-likeness (QED) is 0.738. The van der Waals surface area contributed by atoms with Crippen molar-refractivity contribution < 1.29 is 13.5 Å². The Bertz CT molecular complexity index is 409. The standard InChI is InChI=1S/C15H24F2N2O/c1-4-12(5-2)19(8-9-20-3)14-7-6-11(18)10-13(14)15(16)17/h6-7,10,12,15H,4-5,8-9,18H2,1-3H3. The van der Waals surface area contributed by atoms with E-state index >= 15 is 0 Å². The lowest BCUT2D eigenvalue weighted by Gasteiger charge is -2.34. The molecular formula is C15H24F2N2O. The average Bonchev–Trinajstić information content (AvgIpc) is 2.43. The lowest BCUT2D eigenvalue weighted by Crippen LogP contribution is -2.37. The number of halogens is 2. The highest BCUT2D eigenvalue weighted by molar-refractivity contribution is 5.60. The van der Waals surface area contributed by atoms with E-state index in [9.17, 15) is 8.78 Å². The van der Waals surface area contributed by atoms with Crippen molar-refractivity contribution in [3.05, 3.63) is 23.8 Å². The number of ether oxygens (including phenoxy) is 1. The van der Waals surface area contributed by atoms with Crippen LogP contribution in [0.1, 0.15) is 38.7 Å². The third kappa shape index (κ3) is 4.07. The number of nitrogens with zero attached hydrogens (tertiary/aromatic N) is 1. The van der Waals surface area contributed by atoms with Crippen LogP contribution in [-0.2, 0) is 4.74 Å². The summed E-state index contributed by atoms with van der Waals surface area (Å²) in [6.07, 6.45) is -0.742. The number of nitrogen functional groups attached to an aromatic ring is 1. The van der Waals surface area contributed by atoms with Gasteiger partial charge in [-0.25, -0.2) is 8.78 Å². The zero-order valence-electron chi connectivity index (χ0n) is 12.4. The Morgan fingerprint density at radius 2 is 1.90 bits per heavy atom. The summed E-state index contributed by atoms with van der Waals surface area (Å²) in [7, 11) is 1.61. The van der Waals surface area contributed by atoms with E-state index in [1.54, 1.807) is 19.2 Å². The van der Waals surface area contributed by atoms with Crippen LogP contribution in [0, 0.1) is 0 Å². The van der Waals surface area contributed by atoms with Crippen LogP contribution in [0.2, 0.25) is 0 Å². The minimum atomic E-state index is -2.53. The molecule has 0 atom stereocenters. The minimum absolute atomic E-state index is 0.00648. The fourth-order valence-electron chi connectivity index (χ4n) is 2.43. The van der Waals surface area contributed by atoms with E-state index in [-0.39, 0.29) is 11.6 Å². The zero-order chi connectivity index (χ0) is 15.1. The third-order valence-corrected chi connectivity index (χ3v) is 3.52. The molecule has 0 aromatic heterocycles. The molecule has 5 heteroatoms. The fraction of sp³-hybridized carbons (Fsp3) is 0.600. The molecule has 1 aromatic carbocycles. The highest BCUT2D eigenvalue weighted by atomic mass is 19.3. The highest BCUT2D eigenvalue weighted by Crippen LogP contribution is 2.33. The maximum Gasteiger partial charge on any atom is 0.265 e. The van der Waals surface area contributed by atoms with Crippen LogP contribution in [0.4, 0.5) is 20.2 Å². The predicted octanol–water partition coefficient (Wildman–Crippen LogP) is 3.85. The van der Waals surface area contributed by atoms with Gasteiger partial charge in [-0.3, -0.25) is 0 Å². The van der Waals surface area contributed by atoms with E-state index in [1.807, 2.05) is 4.90 Å². The van der Waals surface area contributed by atoms with Crippen molar-refractivity contribution in [3.8, 4) is 0 Å². The van der Waals surface area contributed by atoms with Gasteiger partial charge in [-0.1, -0.05) is 13.8 Å². The SMILES string of the molecule is CCC(CC)N(CCOC)c1ccc(N)cc1C(F)F. The molecule has 2 N–H and O–H groups in total. The van der Waals surface area contributed by atoms with Crippen LogP contribution in [0.3, 0.4) is 0 Å². The maximum atomic E-state index is 13.2. The lowest BCUT2D eigenvalue weighted by atomic mass is 10.1. The van der Waals surface area contributed by atoms with Gasteiger partial charge in [0.15, 0.2) is 0 Å². The molecule has 0 heterocycles. The first-order valence-electron chi connectivity index (χ1n) is 6.98. The first kappa shape index (κ1) is 16.7. The van der Waals surface area contributed by atoms with Crippen LogP contribution in [0.15, 0.2) is 18.2 Å². The summed E-state index contributed by atoms with van der Waals surface area (Å²) in [5.41, 5.74) is 6.54. The largest absolute Gasteiger partial charge is 0.399 e. The Morgan fingerprint density at radius 1 is 1.25 bits per heavy atom. The van der Waals surface area contributed by atoms with Gasteiger partial charge in [0.25, 0.3) is 6.43 Å². The number of hydrogen-bond acceptors (Lipinski definition) is 3. The van der Waals surface area contributed by atoms with Gasteiger partial charge in [-0.15, -0.1) is 0 Å². The van der Waals surface area contributed by atoms with E-state index in [0.29, 0.717) is 24.5 Å². The van der Waals surface area contributed by atoms with Crippen LogP contribution in [0.25, 0.3) is 0 Å². The Hall–Kier alpha value is -1.36. The van der Waals surface area contributed by atoms with Gasteiger partial charge in [0.2, 0.25) is 0 Å². The molecule has 0 radical (unpaired) electrons. The molecule has 0 aliphatic rings. The summed E-state index contributed by atoms with van der Waals surface area (Å²) < 4.78 is 31.6. The number of methoxy groups -OCH3 is 1. The Kier molecular flexibility index (Phi) is 6.71. The molecule has 0 fully saturated rings. The van der Waals surface area contributed by atoms with Gasteiger partial charge in [-0.2, -0.15) is 0 Å². The molecule has 0 spiro atoms. The lowest BCUT2D eigenvalue weighted by molar-refractivity contribution is 0.151. The molecule has 20 heavy (non-hydrogen) atoms. The Balaban J connectivity index is 3.17. The van der Waals surface area contributed by atoms with Crippen molar-refractivity contribution >= 4 is 11.4 Å². The summed E-state index contributed by atoms with van der Waals surface area (Å²) >= 11 is 0. The molecule has 0 bridgehead atoms. The third-order valence-electron chi connectivity index (χ3n) is 3.52. The first-order valence-corrected chi connectivity index (χ1v) is 6.98. The topological polar surface area (TPSA) is 38.5 Å². The monoisotopic (exact) mass is 286 g/mol. The van der Waals surface area contributed by atoms with E-state index in [1.165, 1.54) is 6.07 Å². The summed E-state index contributed by atoms with van der Waals surface area (Å²) in [4.78, 5) is 2.00. The van der Waals surface area contributed by atoms with Crippen LogP contribution in [0.5, 0.6) is 0 Å². The van der Waals surface area contributed by atoms with Gasteiger partial charge in [-0.05, 0) is 31.0 Å². The first-order chi connectivity index (χ1) is 9.54. The van der Waals surface area contributed by atoms with Gasteiger partial charge in [0, 0.05) is 36.6 Å². The van der Waals surface area contributed by atoms with E-state index < -0.39 is 6.43 Å². The molecule has 0 unspecified atom stereocenters. The molecule has 114 valence electrons. The molecule has 0 amide bonds. The minimum Gasteiger partial charge on any atom is -0.399 e. The van der Waals surface area contributed by atoms with Crippen molar-refractivity contribution in [2.24, 2.45) is 0 Å². The smallest absolute Gasteiger partial charge is 0.265 e. The average molecular weight is 286 g/mol. The van der Waals surface area contributed by atoms with Crippen molar-refractivity contribution in [1.82, 2.24) is 0 Å². The normalized spacial score (nSPS) is 11.3. The van der Waals surface area contributed by atoms with Crippen molar-refractivity contribution in [1.29, 1.82) is 0 Å². The second-order valence-corrected chi connectivity index (χ2v) is 4.78. The summed E-state index contributed by atoms with van der Waals surface area (Å²) in [5, 5.41) is 0. The molecule has 1 rings (SSSR count). The number of benzene rings is 1. The molecule has 0 saturated heterocycles. The van der Waals surface area contributed by atoms with Gasteiger partial charge >= 0.3 is 0 Å². The van der Waals surface area contributed by atoms with E-state index in [2.05, 4.69) is 13.8 Å². The van der Waals surface area contributed by atoms with Crippen molar-refractivity contribution in [2.75, 3.05) is 30.9 Å². The molecule has 3 nitrogen and oxygen atoms in total. The molecule has 0 aliphatic carbocycles. The fourth-order valence-corrected chi connectivity index (χ4v) is 2.43. The van der Waals surface area contributed by atoms with E-state index in [0.717, 1.165) is 12.8 Å². The molecular weight excluding hydrogens is 262 g/mol. The number of anilines is 2. The van der Waals surface area contributed by atoms with Gasteiger partial charge < -0.3 is 15.4 Å². The second-order valence-electron chi connectivity index (χ2n) is 4.78. The van der Waals surface area contributed by atoms with E-state index in [4.69, 9.17) is 10.5 Å². The zero-order valence-corrected chi connectivity index (χ0v) is 12.4. The molecule has 0 saturated carbocycles. The van der Waals surface area contributed by atoms with Crippen LogP contribution < -0.4 is 10.6 Å². The number of hydrogen-bond donors (Lipinski definition) is 1. The highest BCUT2D eigenvalue weighted by Gasteiger charge is 2.22. The van der Waals surface area contributed by atoms with Crippen molar-refractivity contribution in [3.63, 3.8) is 0 Å². The summed E-state index contributed by atoms with van der Waals surface area (Å²) in [6.45, 7) is 5.22. The number of alkyl halides is 2. The molecule has 0 aliphatic heterocycles. The summed E-state index contributed by atoms with van der Waals surface area (Å²) in [6, 6.07) is 4.93. The predicted molar refractivity (Wildman–Crippen MR) is 79.4 cm³/mol. The molecule has 1 aromatic rings.